The Morgan fingerprint density at radius 2 is 1.10 bits per heavy atom. The van der Waals surface area contributed by atoms with Crippen molar-refractivity contribution in [3.8, 4) is 39.6 Å². The average molecular weight is 641 g/mol. The summed E-state index contributed by atoms with van der Waals surface area (Å²) in [7, 11) is 0. The number of fused-ring (bicyclic) bond motifs is 7. The zero-order chi connectivity index (χ0) is 32.8. The maximum absolute atomic E-state index is 6.84. The first-order chi connectivity index (χ1) is 24.8. The summed E-state index contributed by atoms with van der Waals surface area (Å²) in [6, 6.07) is 58.7. The highest BCUT2D eigenvalue weighted by atomic mass is 16.5. The van der Waals surface area contributed by atoms with Crippen molar-refractivity contribution in [2.45, 2.75) is 0 Å². The number of benzene rings is 6. The highest BCUT2D eigenvalue weighted by molar-refractivity contribution is 6.74. The van der Waals surface area contributed by atoms with E-state index in [1.54, 1.807) is 0 Å². The fourth-order valence-corrected chi connectivity index (χ4v) is 8.27. The minimum atomic E-state index is -0.101. The fourth-order valence-electron chi connectivity index (χ4n) is 8.27. The van der Waals surface area contributed by atoms with Crippen LogP contribution in [0.3, 0.4) is 0 Å². The van der Waals surface area contributed by atoms with Gasteiger partial charge in [-0.05, 0) is 66.0 Å². The summed E-state index contributed by atoms with van der Waals surface area (Å²) in [5.74, 6) is 2.78. The molecule has 5 nitrogen and oxygen atoms in total. The molecule has 0 amide bonds. The number of hydrogen-bond donors (Lipinski definition) is 0. The molecule has 0 fully saturated rings. The van der Waals surface area contributed by atoms with Gasteiger partial charge in [-0.15, -0.1) is 0 Å². The molecular weight excluding hydrogens is 611 g/mol. The van der Waals surface area contributed by atoms with Crippen LogP contribution in [0.5, 0.6) is 11.6 Å². The van der Waals surface area contributed by atoms with E-state index in [1.807, 2.05) is 0 Å². The van der Waals surface area contributed by atoms with Gasteiger partial charge in [0, 0.05) is 33.4 Å². The van der Waals surface area contributed by atoms with Crippen molar-refractivity contribution in [2.75, 3.05) is 4.90 Å². The molecule has 0 N–H and O–H groups in total. The van der Waals surface area contributed by atoms with Crippen molar-refractivity contribution >= 4 is 51.4 Å². The lowest BCUT2D eigenvalue weighted by Gasteiger charge is -2.41. The molecule has 6 aromatic carbocycles. The monoisotopic (exact) mass is 640 g/mol. The summed E-state index contributed by atoms with van der Waals surface area (Å²) in [5.41, 5.74) is 11.4. The average Bonchev–Trinajstić information content (AvgIpc) is 3.93. The quantitative estimate of drug-likeness (QED) is 0.179. The van der Waals surface area contributed by atoms with Gasteiger partial charge in [0.15, 0.2) is 5.88 Å². The Bertz CT molecular complexity index is 2650. The fraction of sp³-hybridized carbons (Fsp3) is 0. The van der Waals surface area contributed by atoms with Crippen molar-refractivity contribution < 1.29 is 4.74 Å². The van der Waals surface area contributed by atoms with Gasteiger partial charge >= 0.3 is 6.98 Å². The molecule has 0 radical (unpaired) electrons. The third-order valence-electron chi connectivity index (χ3n) is 10.3. The van der Waals surface area contributed by atoms with Crippen LogP contribution in [0.25, 0.3) is 49.7 Å². The van der Waals surface area contributed by atoms with Gasteiger partial charge < -0.3 is 18.3 Å². The van der Waals surface area contributed by atoms with Gasteiger partial charge in [0.05, 0.1) is 28.1 Å². The van der Waals surface area contributed by atoms with Crippen LogP contribution < -0.4 is 15.1 Å². The molecule has 0 saturated carbocycles. The lowest BCUT2D eigenvalue weighted by atomic mass is 9.63. The van der Waals surface area contributed by atoms with Gasteiger partial charge in [-0.3, -0.25) is 4.90 Å². The van der Waals surface area contributed by atoms with Gasteiger partial charge in [0.1, 0.15) is 11.6 Å². The summed E-state index contributed by atoms with van der Waals surface area (Å²) in [6.45, 7) is -0.101. The molecule has 2 aliphatic heterocycles. The number of rotatable bonds is 4. The summed E-state index contributed by atoms with van der Waals surface area (Å²) >= 11 is 0. The summed E-state index contributed by atoms with van der Waals surface area (Å²) < 4.78 is 13.9. The molecule has 0 spiro atoms. The lowest BCUT2D eigenvalue weighted by molar-refractivity contribution is 0.453. The lowest BCUT2D eigenvalue weighted by Crippen LogP contribution is -2.53. The molecule has 6 heteroatoms. The molecule has 0 aliphatic carbocycles. The SMILES string of the molecule is c1ccc(-c2cccc(-c3ccccc3)c2N2c3cc(-n4c5ccccc5c5ccccc54)cc4c3B(n3cccc3O4)n3cccc32)cc1. The summed E-state index contributed by atoms with van der Waals surface area (Å²) in [4.78, 5) is 2.47. The first-order valence-electron chi connectivity index (χ1n) is 17.1. The van der Waals surface area contributed by atoms with Crippen LogP contribution in [0.1, 0.15) is 0 Å². The van der Waals surface area contributed by atoms with Crippen molar-refractivity contribution in [1.82, 2.24) is 13.5 Å². The molecule has 50 heavy (non-hydrogen) atoms. The Morgan fingerprint density at radius 1 is 0.500 bits per heavy atom. The topological polar surface area (TPSA) is 27.3 Å². The minimum absolute atomic E-state index is 0.101. The van der Waals surface area contributed by atoms with E-state index in [-0.39, 0.29) is 6.98 Å². The van der Waals surface area contributed by atoms with Crippen LogP contribution in [0.2, 0.25) is 0 Å². The van der Waals surface area contributed by atoms with E-state index in [2.05, 4.69) is 195 Å². The number of anilines is 3. The zero-order valence-corrected chi connectivity index (χ0v) is 27.0. The van der Waals surface area contributed by atoms with E-state index in [0.29, 0.717) is 0 Å². The molecule has 11 rings (SSSR count). The molecule has 9 aromatic rings. The van der Waals surface area contributed by atoms with E-state index in [1.165, 1.54) is 10.8 Å². The van der Waals surface area contributed by atoms with Gasteiger partial charge in [-0.2, -0.15) is 0 Å². The van der Waals surface area contributed by atoms with Crippen LogP contribution in [0.15, 0.2) is 176 Å². The number of para-hydroxylation sites is 3. The molecule has 5 heterocycles. The maximum atomic E-state index is 6.84. The van der Waals surface area contributed by atoms with Gasteiger partial charge in [0.2, 0.25) is 0 Å². The van der Waals surface area contributed by atoms with Gasteiger partial charge in [-0.1, -0.05) is 115 Å². The minimum Gasteiger partial charge on any atom is -0.442 e. The predicted octanol–water partition coefficient (Wildman–Crippen LogP) is 10.4. The molecular formula is C44H29BN4O. The summed E-state index contributed by atoms with van der Waals surface area (Å²) in [6.07, 6.45) is 4.32. The number of aromatic nitrogens is 3. The van der Waals surface area contributed by atoms with Gasteiger partial charge in [-0.25, -0.2) is 0 Å². The second-order valence-corrected chi connectivity index (χ2v) is 13.0. The molecule has 0 saturated heterocycles. The first-order valence-corrected chi connectivity index (χ1v) is 17.1. The Balaban J connectivity index is 1.27. The Morgan fingerprint density at radius 3 is 1.78 bits per heavy atom. The number of nitrogens with zero attached hydrogens (tertiary/aromatic N) is 4. The van der Waals surface area contributed by atoms with Crippen molar-refractivity contribution in [3.63, 3.8) is 0 Å². The Kier molecular flexibility index (Phi) is 5.69. The highest BCUT2D eigenvalue weighted by Gasteiger charge is 2.43. The first kappa shape index (κ1) is 27.3. The zero-order valence-electron chi connectivity index (χ0n) is 27.0. The molecule has 2 aliphatic rings. The third-order valence-corrected chi connectivity index (χ3v) is 10.3. The predicted molar refractivity (Wildman–Crippen MR) is 205 cm³/mol. The maximum Gasteiger partial charge on any atom is 0.429 e. The molecule has 234 valence electrons. The van der Waals surface area contributed by atoms with E-state index in [4.69, 9.17) is 4.74 Å². The standard InChI is InChI=1S/C44H29BN4O/c1-3-14-30(15-4-1)33-20-11-21-34(31-16-5-2-6-17-31)44(33)49-39-28-32(48-37-22-9-7-18-35(37)36-19-8-10-23-38(36)48)29-40-43(39)45(46-26-12-24-41(46)49)47-27-13-25-42(47)50-40/h1-29H. The van der Waals surface area contributed by atoms with Crippen molar-refractivity contribution in [2.24, 2.45) is 0 Å². The van der Waals surface area contributed by atoms with Gasteiger partial charge in [0.25, 0.3) is 0 Å². The molecule has 0 bridgehead atoms. The Labute approximate surface area is 289 Å². The van der Waals surface area contributed by atoms with E-state index < -0.39 is 0 Å². The Hall–Kier alpha value is -6.66. The summed E-state index contributed by atoms with van der Waals surface area (Å²) in [5, 5.41) is 2.46. The largest absolute Gasteiger partial charge is 0.442 e. The molecule has 3 aromatic heterocycles. The second kappa shape index (κ2) is 10.4. The van der Waals surface area contributed by atoms with E-state index in [9.17, 15) is 0 Å². The van der Waals surface area contributed by atoms with Crippen molar-refractivity contribution in [3.05, 3.63) is 176 Å². The van der Waals surface area contributed by atoms with Crippen LogP contribution >= 0.6 is 0 Å². The number of ether oxygens (including phenoxy) is 1. The van der Waals surface area contributed by atoms with Crippen molar-refractivity contribution in [1.29, 1.82) is 0 Å². The third kappa shape index (κ3) is 3.78. The molecule has 0 atom stereocenters. The second-order valence-electron chi connectivity index (χ2n) is 13.0. The van der Waals surface area contributed by atoms with Crippen LogP contribution in [0, 0.1) is 0 Å². The van der Waals surface area contributed by atoms with Crippen LogP contribution in [-0.2, 0) is 0 Å². The normalized spacial score (nSPS) is 12.9. The molecule has 0 unspecified atom stereocenters. The highest BCUT2D eigenvalue weighted by Crippen LogP contribution is 2.50. The van der Waals surface area contributed by atoms with E-state index in [0.717, 1.165) is 73.3 Å². The van der Waals surface area contributed by atoms with Crippen LogP contribution in [0.4, 0.5) is 17.2 Å². The smallest absolute Gasteiger partial charge is 0.429 e. The van der Waals surface area contributed by atoms with E-state index >= 15 is 0 Å². The van der Waals surface area contributed by atoms with Crippen LogP contribution in [-0.4, -0.2) is 20.5 Å². The number of hydrogen-bond acceptors (Lipinski definition) is 2.